The second kappa shape index (κ2) is 2.68. The van der Waals surface area contributed by atoms with Gasteiger partial charge in [0.1, 0.15) is 6.10 Å². The Morgan fingerprint density at radius 1 is 1.80 bits per heavy atom. The maximum atomic E-state index is 10.4. The van der Waals surface area contributed by atoms with Crippen LogP contribution in [0.2, 0.25) is 0 Å². The summed E-state index contributed by atoms with van der Waals surface area (Å²) in [6.45, 7) is 0. The van der Waals surface area contributed by atoms with E-state index in [1.54, 1.807) is 0 Å². The molecule has 1 fully saturated rings. The Labute approximate surface area is 57.8 Å². The minimum Gasteiger partial charge on any atom is -0.481 e. The van der Waals surface area contributed by atoms with Gasteiger partial charge in [0.05, 0.1) is 6.42 Å². The summed E-state index contributed by atoms with van der Waals surface area (Å²) < 4.78 is 4.65. The van der Waals surface area contributed by atoms with E-state index in [4.69, 9.17) is 5.11 Å². The summed E-state index contributed by atoms with van der Waals surface area (Å²) in [7, 11) is 0. The van der Waals surface area contributed by atoms with Crippen LogP contribution in [0.1, 0.15) is 19.3 Å². The van der Waals surface area contributed by atoms with Crippen molar-refractivity contribution in [3.63, 3.8) is 0 Å². The van der Waals surface area contributed by atoms with E-state index in [-0.39, 0.29) is 18.5 Å². The van der Waals surface area contributed by atoms with Crippen LogP contribution in [0.4, 0.5) is 0 Å². The van der Waals surface area contributed by atoms with Crippen molar-refractivity contribution < 1.29 is 19.4 Å². The van der Waals surface area contributed by atoms with Crippen LogP contribution in [0.25, 0.3) is 0 Å². The summed E-state index contributed by atoms with van der Waals surface area (Å²) in [4.78, 5) is 20.5. The van der Waals surface area contributed by atoms with E-state index in [9.17, 15) is 9.59 Å². The van der Waals surface area contributed by atoms with Gasteiger partial charge in [-0.15, -0.1) is 0 Å². The number of carboxylic acid groups (broad SMARTS) is 1. The molecule has 0 aromatic carbocycles. The Hall–Kier alpha value is -1.06. The zero-order valence-electron chi connectivity index (χ0n) is 5.37. The predicted molar refractivity (Wildman–Crippen MR) is 31.4 cm³/mol. The number of carboxylic acids is 1. The number of hydrogen-bond donors (Lipinski definition) is 1. The fourth-order valence-electron chi connectivity index (χ4n) is 0.921. The lowest BCUT2D eigenvalue weighted by Crippen LogP contribution is -2.12. The molecular weight excluding hydrogens is 136 g/mol. The number of carbonyl (C=O) groups is 2. The fourth-order valence-corrected chi connectivity index (χ4v) is 0.921. The summed E-state index contributed by atoms with van der Waals surface area (Å²) in [5.74, 6) is -1.20. The molecule has 0 bridgehead atoms. The summed E-state index contributed by atoms with van der Waals surface area (Å²) in [6, 6.07) is 0. The van der Waals surface area contributed by atoms with Gasteiger partial charge in [0.15, 0.2) is 0 Å². The van der Waals surface area contributed by atoms with E-state index in [0.29, 0.717) is 12.8 Å². The number of hydrogen-bond acceptors (Lipinski definition) is 3. The molecule has 1 rings (SSSR count). The van der Waals surface area contributed by atoms with E-state index < -0.39 is 5.97 Å². The third-order valence-electron chi connectivity index (χ3n) is 1.37. The quantitative estimate of drug-likeness (QED) is 0.561. The van der Waals surface area contributed by atoms with Crippen molar-refractivity contribution in [2.75, 3.05) is 0 Å². The molecule has 1 N–H and O–H groups in total. The van der Waals surface area contributed by atoms with Crippen molar-refractivity contribution in [2.45, 2.75) is 25.4 Å². The van der Waals surface area contributed by atoms with Gasteiger partial charge < -0.3 is 9.84 Å². The highest BCUT2D eigenvalue weighted by atomic mass is 16.5. The lowest BCUT2D eigenvalue weighted by atomic mass is 10.2. The summed E-state index contributed by atoms with van der Waals surface area (Å²) >= 11 is 0. The van der Waals surface area contributed by atoms with Gasteiger partial charge in [-0.25, -0.2) is 0 Å². The Morgan fingerprint density at radius 2 is 2.50 bits per heavy atom. The van der Waals surface area contributed by atoms with E-state index in [1.807, 2.05) is 0 Å². The number of rotatable bonds is 2. The maximum Gasteiger partial charge on any atom is 0.307 e. The number of aliphatic carboxylic acids is 1. The zero-order valence-corrected chi connectivity index (χ0v) is 5.37. The van der Waals surface area contributed by atoms with Gasteiger partial charge in [0.2, 0.25) is 0 Å². The molecule has 56 valence electrons. The second-order valence-electron chi connectivity index (χ2n) is 2.25. The summed E-state index contributed by atoms with van der Waals surface area (Å²) in [6.07, 6.45) is 0.458. The van der Waals surface area contributed by atoms with E-state index in [2.05, 4.69) is 4.74 Å². The van der Waals surface area contributed by atoms with E-state index >= 15 is 0 Å². The van der Waals surface area contributed by atoms with Crippen molar-refractivity contribution in [3.8, 4) is 0 Å². The minimum atomic E-state index is -0.917. The molecule has 4 heteroatoms. The zero-order chi connectivity index (χ0) is 7.56. The molecule has 1 aliphatic rings. The summed E-state index contributed by atoms with van der Waals surface area (Å²) in [5.41, 5.74) is 0. The van der Waals surface area contributed by atoms with E-state index in [0.717, 1.165) is 0 Å². The van der Waals surface area contributed by atoms with Crippen molar-refractivity contribution >= 4 is 11.9 Å². The first kappa shape index (κ1) is 7.05. The van der Waals surface area contributed by atoms with Gasteiger partial charge >= 0.3 is 11.9 Å². The van der Waals surface area contributed by atoms with Crippen LogP contribution in [0.15, 0.2) is 0 Å². The predicted octanol–water partition coefficient (Wildman–Crippen LogP) is 0.167. The largest absolute Gasteiger partial charge is 0.481 e. The maximum absolute atomic E-state index is 10.4. The normalized spacial score (nSPS) is 24.4. The third-order valence-corrected chi connectivity index (χ3v) is 1.37. The highest BCUT2D eigenvalue weighted by Gasteiger charge is 2.24. The summed E-state index contributed by atoms with van der Waals surface area (Å²) in [5, 5.41) is 8.27. The van der Waals surface area contributed by atoms with Crippen molar-refractivity contribution in [2.24, 2.45) is 0 Å². The molecule has 10 heavy (non-hydrogen) atoms. The first-order valence-electron chi connectivity index (χ1n) is 3.10. The Morgan fingerprint density at radius 3 is 2.90 bits per heavy atom. The molecule has 4 nitrogen and oxygen atoms in total. The van der Waals surface area contributed by atoms with Gasteiger partial charge in [0, 0.05) is 6.42 Å². The molecule has 0 aliphatic carbocycles. The highest BCUT2D eigenvalue weighted by Crippen LogP contribution is 2.16. The van der Waals surface area contributed by atoms with Crippen LogP contribution in [0, 0.1) is 0 Å². The van der Waals surface area contributed by atoms with Crippen LogP contribution in [0.5, 0.6) is 0 Å². The third kappa shape index (κ3) is 1.72. The van der Waals surface area contributed by atoms with Crippen molar-refractivity contribution in [1.29, 1.82) is 0 Å². The standard InChI is InChI=1S/C6H8O4/c7-5(8)3-4-1-2-6(9)10-4/h4H,1-3H2,(H,7,8)/t4-/m0/s1. The fraction of sp³-hybridized carbons (Fsp3) is 0.667. The van der Waals surface area contributed by atoms with Crippen LogP contribution >= 0.6 is 0 Å². The molecule has 0 amide bonds. The molecule has 0 unspecified atom stereocenters. The topological polar surface area (TPSA) is 63.6 Å². The van der Waals surface area contributed by atoms with Gasteiger partial charge in [-0.3, -0.25) is 9.59 Å². The minimum absolute atomic E-state index is 0.0638. The molecule has 0 aromatic heterocycles. The molecule has 0 radical (unpaired) electrons. The molecule has 1 heterocycles. The average molecular weight is 144 g/mol. The smallest absolute Gasteiger partial charge is 0.307 e. The number of cyclic esters (lactones) is 1. The molecular formula is C6H8O4. The molecule has 1 atom stereocenters. The van der Waals surface area contributed by atoms with Crippen LogP contribution < -0.4 is 0 Å². The molecule has 0 spiro atoms. The molecule has 1 saturated heterocycles. The van der Waals surface area contributed by atoms with Crippen LogP contribution in [0.3, 0.4) is 0 Å². The SMILES string of the molecule is O=C(O)C[C@@H]1CCC(=O)O1. The van der Waals surface area contributed by atoms with Gasteiger partial charge in [-0.2, -0.15) is 0 Å². The molecule has 0 aromatic rings. The first-order chi connectivity index (χ1) is 4.68. The Balaban J connectivity index is 2.31. The molecule has 0 saturated carbocycles. The number of carbonyl (C=O) groups excluding carboxylic acids is 1. The molecule has 1 aliphatic heterocycles. The lowest BCUT2D eigenvalue weighted by Gasteiger charge is -2.03. The highest BCUT2D eigenvalue weighted by molar-refractivity contribution is 5.73. The van der Waals surface area contributed by atoms with Crippen molar-refractivity contribution in [3.05, 3.63) is 0 Å². The first-order valence-corrected chi connectivity index (χ1v) is 3.10. The number of esters is 1. The van der Waals surface area contributed by atoms with Gasteiger partial charge in [-0.05, 0) is 6.42 Å². The van der Waals surface area contributed by atoms with Crippen LogP contribution in [-0.2, 0) is 14.3 Å². The van der Waals surface area contributed by atoms with E-state index in [1.165, 1.54) is 0 Å². The Bertz CT molecular complexity index is 163. The van der Waals surface area contributed by atoms with Gasteiger partial charge in [0.25, 0.3) is 0 Å². The average Bonchev–Trinajstić information content (AvgIpc) is 2.13. The van der Waals surface area contributed by atoms with Gasteiger partial charge in [-0.1, -0.05) is 0 Å². The Kier molecular flexibility index (Phi) is 1.89. The van der Waals surface area contributed by atoms with Crippen LogP contribution in [-0.4, -0.2) is 23.1 Å². The second-order valence-corrected chi connectivity index (χ2v) is 2.25. The number of ether oxygens (including phenoxy) is 1. The monoisotopic (exact) mass is 144 g/mol. The lowest BCUT2D eigenvalue weighted by molar-refractivity contribution is -0.145. The van der Waals surface area contributed by atoms with Crippen molar-refractivity contribution in [1.82, 2.24) is 0 Å².